The highest BCUT2D eigenvalue weighted by atomic mass is 32.2. The molecule has 0 bridgehead atoms. The first kappa shape index (κ1) is 36.1. The minimum absolute atomic E-state index is 0.0787. The molecular formula is C33H55N5O7S. The number of hydrogen-bond donors (Lipinski definition) is 4. The Morgan fingerprint density at radius 3 is 1.93 bits per heavy atom. The van der Waals surface area contributed by atoms with Crippen molar-refractivity contribution < 1.29 is 32.4 Å². The fourth-order valence-electron chi connectivity index (χ4n) is 7.64. The van der Waals surface area contributed by atoms with Gasteiger partial charge in [0.15, 0.2) is 9.84 Å². The molecule has 1 saturated heterocycles. The van der Waals surface area contributed by atoms with Crippen molar-refractivity contribution in [1.29, 1.82) is 0 Å². The first-order valence-corrected chi connectivity index (χ1v) is 18.7. The zero-order valence-electron chi connectivity index (χ0n) is 28.6. The van der Waals surface area contributed by atoms with Gasteiger partial charge in [-0.05, 0) is 81.5 Å². The Morgan fingerprint density at radius 2 is 1.43 bits per heavy atom. The van der Waals surface area contributed by atoms with Crippen LogP contribution in [0.5, 0.6) is 0 Å². The average Bonchev–Trinajstić information content (AvgIpc) is 3.25. The van der Waals surface area contributed by atoms with Crippen molar-refractivity contribution in [3.05, 3.63) is 0 Å². The number of primary amides is 1. The maximum atomic E-state index is 14.4. The smallest absolute Gasteiger partial charge is 0.315 e. The van der Waals surface area contributed by atoms with E-state index in [1.165, 1.54) is 0 Å². The summed E-state index contributed by atoms with van der Waals surface area (Å²) in [5.74, 6) is -3.53. The second-order valence-corrected chi connectivity index (χ2v) is 18.8. The Labute approximate surface area is 274 Å². The lowest BCUT2D eigenvalue weighted by Crippen LogP contribution is -2.62. The average molecular weight is 666 g/mol. The van der Waals surface area contributed by atoms with Crippen LogP contribution in [0.1, 0.15) is 99.8 Å². The van der Waals surface area contributed by atoms with Gasteiger partial charge in [-0.1, -0.05) is 53.4 Å². The van der Waals surface area contributed by atoms with Gasteiger partial charge in [-0.2, -0.15) is 0 Å². The number of likely N-dealkylation sites (tertiary alicyclic amines) is 1. The molecule has 0 spiro atoms. The molecule has 3 saturated carbocycles. The Balaban J connectivity index is 1.56. The third-order valence-corrected chi connectivity index (χ3v) is 14.0. The number of sulfone groups is 1. The van der Waals surface area contributed by atoms with E-state index in [0.717, 1.165) is 38.5 Å². The number of rotatable bonds is 12. The molecule has 0 aromatic carbocycles. The third kappa shape index (κ3) is 7.39. The summed E-state index contributed by atoms with van der Waals surface area (Å²) in [6, 6.07) is -4.07. The maximum absolute atomic E-state index is 14.4. The molecule has 13 heteroatoms. The van der Waals surface area contributed by atoms with Gasteiger partial charge in [-0.25, -0.2) is 13.2 Å². The lowest BCUT2D eigenvalue weighted by atomic mass is 9.78. The van der Waals surface area contributed by atoms with Crippen LogP contribution in [-0.2, 0) is 29.0 Å². The normalized spacial score (nSPS) is 26.7. The quantitative estimate of drug-likeness (QED) is 0.230. The van der Waals surface area contributed by atoms with Gasteiger partial charge in [0.05, 0.1) is 10.5 Å². The summed E-state index contributed by atoms with van der Waals surface area (Å²) in [6.07, 6.45) is 6.63. The molecule has 6 atom stereocenters. The van der Waals surface area contributed by atoms with Gasteiger partial charge >= 0.3 is 6.03 Å². The Bertz CT molecular complexity index is 1310. The molecule has 0 aromatic rings. The van der Waals surface area contributed by atoms with Crippen molar-refractivity contribution in [2.45, 2.75) is 129 Å². The third-order valence-electron chi connectivity index (χ3n) is 11.3. The minimum Gasteiger partial charge on any atom is -0.363 e. The largest absolute Gasteiger partial charge is 0.363 e. The Morgan fingerprint density at radius 1 is 0.870 bits per heavy atom. The number of nitrogens with two attached hydrogens (primary N) is 1. The Hall–Kier alpha value is -2.70. The molecule has 2 unspecified atom stereocenters. The SMILES string of the molecule is CC(C)[C@@H](CS(=O)(=O)C(C)(C)C)NC(=O)N[C@H](C(=O)N1CC2[C@@H]([C@H]1C(=O)NC(C(=O)C(N)=O)C1CCC1)C2(C)C)C1CCCCC1. The molecule has 0 radical (unpaired) electrons. The van der Waals surface area contributed by atoms with Gasteiger partial charge in [0.1, 0.15) is 18.1 Å². The molecule has 3 aliphatic carbocycles. The van der Waals surface area contributed by atoms with Crippen LogP contribution < -0.4 is 21.7 Å². The zero-order valence-corrected chi connectivity index (χ0v) is 29.4. The van der Waals surface area contributed by atoms with E-state index in [2.05, 4.69) is 29.8 Å². The van der Waals surface area contributed by atoms with Crippen molar-refractivity contribution >= 4 is 39.4 Å². The van der Waals surface area contributed by atoms with E-state index in [1.807, 2.05) is 13.8 Å². The standard InChI is InChI=1S/C33H55N5O7S/c1-18(2)22(17-46(44,45)32(3,4)5)35-31(43)37-25(20-12-9-8-10-13-20)30(42)38-16-21-23(33(21,6)7)26(38)29(41)36-24(19-14-11-15-19)27(39)28(34)40/h18-26H,8-17H2,1-7H3,(H2,34,40)(H,36,41)(H2,35,37,43)/t21?,22-,23+,24?,25+,26+/m1/s1. The van der Waals surface area contributed by atoms with E-state index in [9.17, 15) is 32.4 Å². The van der Waals surface area contributed by atoms with E-state index in [0.29, 0.717) is 19.4 Å². The number of carbonyl (C=O) groups excluding carboxylic acids is 5. The molecule has 4 rings (SSSR count). The number of hydrogen-bond acceptors (Lipinski definition) is 7. The molecule has 1 aliphatic heterocycles. The highest BCUT2D eigenvalue weighted by molar-refractivity contribution is 7.92. The van der Waals surface area contributed by atoms with Crippen molar-refractivity contribution in [2.24, 2.45) is 40.7 Å². The van der Waals surface area contributed by atoms with Crippen molar-refractivity contribution in [2.75, 3.05) is 12.3 Å². The van der Waals surface area contributed by atoms with Gasteiger partial charge in [-0.3, -0.25) is 19.2 Å². The maximum Gasteiger partial charge on any atom is 0.315 e. The summed E-state index contributed by atoms with van der Waals surface area (Å²) in [7, 11) is -3.54. The number of nitrogens with zero attached hydrogens (tertiary/aromatic N) is 1. The van der Waals surface area contributed by atoms with Gasteiger partial charge < -0.3 is 26.6 Å². The predicted octanol–water partition coefficient (Wildman–Crippen LogP) is 2.29. The number of nitrogens with one attached hydrogen (secondary N) is 3. The van der Waals surface area contributed by atoms with Gasteiger partial charge in [0.2, 0.25) is 17.6 Å². The molecule has 5 N–H and O–H groups in total. The summed E-state index contributed by atoms with van der Waals surface area (Å²) in [5, 5.41) is 8.56. The van der Waals surface area contributed by atoms with Crippen LogP contribution in [0.4, 0.5) is 4.79 Å². The first-order valence-electron chi connectivity index (χ1n) is 17.0. The highest BCUT2D eigenvalue weighted by Crippen LogP contribution is 2.65. The van der Waals surface area contributed by atoms with E-state index < -0.39 is 62.4 Å². The number of amides is 5. The second kappa shape index (κ2) is 13.4. The van der Waals surface area contributed by atoms with Crippen LogP contribution in [0.3, 0.4) is 0 Å². The van der Waals surface area contributed by atoms with Crippen LogP contribution in [0.25, 0.3) is 0 Å². The van der Waals surface area contributed by atoms with E-state index in [-0.39, 0.29) is 46.7 Å². The zero-order chi connectivity index (χ0) is 34.4. The molecule has 4 aliphatic rings. The topological polar surface area (TPSA) is 185 Å². The van der Waals surface area contributed by atoms with Crippen molar-refractivity contribution in [3.63, 3.8) is 0 Å². The molecule has 4 fully saturated rings. The fraction of sp³-hybridized carbons (Fsp3) is 0.848. The fourth-order valence-corrected chi connectivity index (χ4v) is 9.08. The Kier molecular flexibility index (Phi) is 10.6. The van der Waals surface area contributed by atoms with Gasteiger partial charge in [-0.15, -0.1) is 0 Å². The number of Topliss-reactive ketones (excluding diaryl/α,β-unsaturated/α-hetero) is 1. The second-order valence-electron chi connectivity index (χ2n) is 16.0. The van der Waals surface area contributed by atoms with Crippen molar-refractivity contribution in [3.8, 4) is 0 Å². The first-order chi connectivity index (χ1) is 21.3. The van der Waals surface area contributed by atoms with Gasteiger partial charge in [0, 0.05) is 12.6 Å². The van der Waals surface area contributed by atoms with Crippen molar-refractivity contribution in [1.82, 2.24) is 20.9 Å². The molecule has 12 nitrogen and oxygen atoms in total. The summed E-state index contributed by atoms with van der Waals surface area (Å²) in [4.78, 5) is 68.0. The molecule has 5 amide bonds. The molecule has 260 valence electrons. The van der Waals surface area contributed by atoms with E-state index in [1.54, 1.807) is 25.7 Å². The molecule has 46 heavy (non-hydrogen) atoms. The summed E-state index contributed by atoms with van der Waals surface area (Å²) >= 11 is 0. The van der Waals surface area contributed by atoms with Gasteiger partial charge in [0.25, 0.3) is 5.91 Å². The monoisotopic (exact) mass is 665 g/mol. The predicted molar refractivity (Wildman–Crippen MR) is 174 cm³/mol. The number of piperidine rings is 1. The molecular weight excluding hydrogens is 610 g/mol. The van der Waals surface area contributed by atoms with Crippen LogP contribution >= 0.6 is 0 Å². The van der Waals surface area contributed by atoms with Crippen LogP contribution in [0.15, 0.2) is 0 Å². The summed E-state index contributed by atoms with van der Waals surface area (Å²) in [6.45, 7) is 13.0. The lowest BCUT2D eigenvalue weighted by Gasteiger charge is -2.38. The molecule has 0 aromatic heterocycles. The van der Waals surface area contributed by atoms with Crippen LogP contribution in [-0.4, -0.2) is 84.1 Å². The minimum atomic E-state index is -3.54. The number of urea groups is 1. The van der Waals surface area contributed by atoms with Crippen LogP contribution in [0.2, 0.25) is 0 Å². The summed E-state index contributed by atoms with van der Waals surface area (Å²) < 4.78 is 25.0. The summed E-state index contributed by atoms with van der Waals surface area (Å²) in [5.41, 5.74) is 5.14. The van der Waals surface area contributed by atoms with E-state index >= 15 is 0 Å². The lowest BCUT2D eigenvalue weighted by molar-refractivity contribution is -0.145. The number of carbonyl (C=O) groups is 5. The number of fused-ring (bicyclic) bond motifs is 1. The number of ketones is 1. The van der Waals surface area contributed by atoms with E-state index in [4.69, 9.17) is 5.73 Å². The highest BCUT2D eigenvalue weighted by Gasteiger charge is 2.70. The molecule has 1 heterocycles. The van der Waals surface area contributed by atoms with Crippen LogP contribution in [0, 0.1) is 35.0 Å².